The number of ether oxygens (including phenoxy) is 1. The number of carboxylic acids is 1. The van der Waals surface area contributed by atoms with Crippen LogP contribution in [0.15, 0.2) is 18.2 Å². The number of carboxylic acid groups (broad SMARTS) is 1. The van der Waals surface area contributed by atoms with Crippen molar-refractivity contribution in [2.45, 2.75) is 13.0 Å². The molecule has 0 spiro atoms. The molecule has 0 aliphatic rings. The molecule has 3 N–H and O–H groups in total. The number of aliphatic carboxylic acids is 1. The number of nitrogens with two attached hydrogens (primary N) is 1. The average Bonchev–Trinajstić information content (AvgIpc) is 2.09. The van der Waals surface area contributed by atoms with Crippen LogP contribution in [0, 0.1) is 0 Å². The van der Waals surface area contributed by atoms with E-state index in [1.807, 2.05) is 0 Å². The summed E-state index contributed by atoms with van der Waals surface area (Å²) in [4.78, 5) is 10.4. The largest absolute Gasteiger partial charge is 0.481 e. The zero-order valence-electron chi connectivity index (χ0n) is 7.99. The summed E-state index contributed by atoms with van der Waals surface area (Å²) in [5, 5.41) is 8.56. The molecule has 0 bridgehead atoms. The van der Waals surface area contributed by atoms with Crippen LogP contribution in [0.2, 0.25) is 0 Å². The molecule has 0 amide bonds. The second kappa shape index (κ2) is 4.62. The van der Waals surface area contributed by atoms with Crippen LogP contribution in [-0.2, 0) is 22.6 Å². The molecular weight excluding hydrogens is 182 g/mol. The van der Waals surface area contributed by atoms with Crippen molar-refractivity contribution >= 4 is 11.7 Å². The molecule has 1 aromatic rings. The van der Waals surface area contributed by atoms with E-state index in [0.29, 0.717) is 17.9 Å². The molecule has 0 saturated carbocycles. The van der Waals surface area contributed by atoms with Crippen LogP contribution in [0.5, 0.6) is 0 Å². The van der Waals surface area contributed by atoms with Gasteiger partial charge in [0.2, 0.25) is 0 Å². The van der Waals surface area contributed by atoms with Gasteiger partial charge in [-0.2, -0.15) is 0 Å². The van der Waals surface area contributed by atoms with E-state index in [2.05, 4.69) is 0 Å². The summed E-state index contributed by atoms with van der Waals surface area (Å²) >= 11 is 0. The standard InChI is InChI=1S/C10H13NO3/c1-14-6-8-3-2-7(4-9(8)11)5-10(12)13/h2-4H,5-6,11H2,1H3,(H,12,13). The van der Waals surface area contributed by atoms with Crippen molar-refractivity contribution in [3.63, 3.8) is 0 Å². The SMILES string of the molecule is COCc1ccc(CC(=O)O)cc1N. The average molecular weight is 195 g/mol. The van der Waals surface area contributed by atoms with Crippen molar-refractivity contribution in [3.8, 4) is 0 Å². The van der Waals surface area contributed by atoms with Gasteiger partial charge in [-0.1, -0.05) is 12.1 Å². The van der Waals surface area contributed by atoms with Gasteiger partial charge in [0.25, 0.3) is 0 Å². The van der Waals surface area contributed by atoms with Crippen LogP contribution in [-0.4, -0.2) is 18.2 Å². The Labute approximate surface area is 82.3 Å². The molecule has 0 fully saturated rings. The van der Waals surface area contributed by atoms with E-state index < -0.39 is 5.97 Å². The highest BCUT2D eigenvalue weighted by Crippen LogP contribution is 2.15. The third-order valence-electron chi connectivity index (χ3n) is 1.87. The normalized spacial score (nSPS) is 10.1. The first kappa shape index (κ1) is 10.5. The molecule has 14 heavy (non-hydrogen) atoms. The molecule has 76 valence electrons. The minimum absolute atomic E-state index is 0.00252. The van der Waals surface area contributed by atoms with Crippen molar-refractivity contribution in [2.24, 2.45) is 0 Å². The zero-order chi connectivity index (χ0) is 10.6. The predicted molar refractivity (Wildman–Crippen MR) is 52.9 cm³/mol. The predicted octanol–water partition coefficient (Wildman–Crippen LogP) is 1.04. The number of methoxy groups -OCH3 is 1. The fraction of sp³-hybridized carbons (Fsp3) is 0.300. The maximum absolute atomic E-state index is 10.4. The summed E-state index contributed by atoms with van der Waals surface area (Å²) in [7, 11) is 1.59. The van der Waals surface area contributed by atoms with Gasteiger partial charge >= 0.3 is 5.97 Å². The first-order chi connectivity index (χ1) is 6.63. The summed E-state index contributed by atoms with van der Waals surface area (Å²) < 4.78 is 4.93. The molecule has 0 aromatic heterocycles. The number of carbonyl (C=O) groups is 1. The molecule has 0 aliphatic carbocycles. The van der Waals surface area contributed by atoms with Gasteiger partial charge in [0.05, 0.1) is 13.0 Å². The molecule has 4 heteroatoms. The van der Waals surface area contributed by atoms with E-state index >= 15 is 0 Å². The number of anilines is 1. The number of benzene rings is 1. The number of nitrogen functional groups attached to an aromatic ring is 1. The van der Waals surface area contributed by atoms with E-state index in [4.69, 9.17) is 15.6 Å². The lowest BCUT2D eigenvalue weighted by atomic mass is 10.1. The maximum atomic E-state index is 10.4. The highest BCUT2D eigenvalue weighted by Gasteiger charge is 2.03. The molecule has 0 unspecified atom stereocenters. The third kappa shape index (κ3) is 2.74. The topological polar surface area (TPSA) is 72.5 Å². The Morgan fingerprint density at radius 3 is 2.79 bits per heavy atom. The molecule has 0 atom stereocenters. The van der Waals surface area contributed by atoms with Gasteiger partial charge in [-0.05, 0) is 11.6 Å². The monoisotopic (exact) mass is 195 g/mol. The van der Waals surface area contributed by atoms with Gasteiger partial charge in [0.1, 0.15) is 0 Å². The van der Waals surface area contributed by atoms with E-state index in [1.54, 1.807) is 25.3 Å². The first-order valence-corrected chi connectivity index (χ1v) is 4.21. The van der Waals surface area contributed by atoms with Crippen LogP contribution in [0.1, 0.15) is 11.1 Å². The summed E-state index contributed by atoms with van der Waals surface area (Å²) in [6.07, 6.45) is -0.00252. The third-order valence-corrected chi connectivity index (χ3v) is 1.87. The van der Waals surface area contributed by atoms with Gasteiger partial charge < -0.3 is 15.6 Å². The molecular formula is C10H13NO3. The Balaban J connectivity index is 2.83. The number of hydrogen-bond acceptors (Lipinski definition) is 3. The second-order valence-corrected chi connectivity index (χ2v) is 3.04. The molecule has 4 nitrogen and oxygen atoms in total. The minimum atomic E-state index is -0.858. The smallest absolute Gasteiger partial charge is 0.307 e. The lowest BCUT2D eigenvalue weighted by molar-refractivity contribution is -0.136. The second-order valence-electron chi connectivity index (χ2n) is 3.04. The maximum Gasteiger partial charge on any atom is 0.307 e. The van der Waals surface area contributed by atoms with Crippen LogP contribution in [0.25, 0.3) is 0 Å². The van der Waals surface area contributed by atoms with E-state index in [9.17, 15) is 4.79 Å². The summed E-state index contributed by atoms with van der Waals surface area (Å²) in [6, 6.07) is 5.21. The highest BCUT2D eigenvalue weighted by molar-refractivity contribution is 5.71. The Kier molecular flexibility index (Phi) is 3.48. The van der Waals surface area contributed by atoms with Crippen LogP contribution >= 0.6 is 0 Å². The van der Waals surface area contributed by atoms with Gasteiger partial charge in [0.15, 0.2) is 0 Å². The summed E-state index contributed by atoms with van der Waals surface area (Å²) in [6.45, 7) is 0.444. The molecule has 1 aromatic carbocycles. The van der Waals surface area contributed by atoms with Gasteiger partial charge in [0, 0.05) is 18.4 Å². The minimum Gasteiger partial charge on any atom is -0.481 e. The zero-order valence-corrected chi connectivity index (χ0v) is 7.99. The number of hydrogen-bond donors (Lipinski definition) is 2. The quantitative estimate of drug-likeness (QED) is 0.704. The Hall–Kier alpha value is -1.55. The molecule has 0 aliphatic heterocycles. The van der Waals surface area contributed by atoms with Crippen LogP contribution in [0.4, 0.5) is 5.69 Å². The summed E-state index contributed by atoms with van der Waals surface area (Å²) in [5.74, 6) is -0.858. The Morgan fingerprint density at radius 2 is 2.29 bits per heavy atom. The molecule has 0 saturated heterocycles. The fourth-order valence-corrected chi connectivity index (χ4v) is 1.22. The van der Waals surface area contributed by atoms with Crippen LogP contribution < -0.4 is 5.73 Å². The van der Waals surface area contributed by atoms with Crippen LogP contribution in [0.3, 0.4) is 0 Å². The lowest BCUT2D eigenvalue weighted by Crippen LogP contribution is -2.02. The van der Waals surface area contributed by atoms with Crippen molar-refractivity contribution in [1.29, 1.82) is 0 Å². The van der Waals surface area contributed by atoms with Crippen molar-refractivity contribution in [1.82, 2.24) is 0 Å². The lowest BCUT2D eigenvalue weighted by Gasteiger charge is -2.06. The van der Waals surface area contributed by atoms with Gasteiger partial charge in [-0.3, -0.25) is 4.79 Å². The molecule has 0 radical (unpaired) electrons. The van der Waals surface area contributed by atoms with E-state index in [1.165, 1.54) is 0 Å². The van der Waals surface area contributed by atoms with E-state index in [0.717, 1.165) is 5.56 Å². The van der Waals surface area contributed by atoms with Gasteiger partial charge in [-0.25, -0.2) is 0 Å². The first-order valence-electron chi connectivity index (χ1n) is 4.21. The molecule has 1 rings (SSSR count). The summed E-state index contributed by atoms with van der Waals surface area (Å²) in [5.41, 5.74) is 7.86. The number of rotatable bonds is 4. The van der Waals surface area contributed by atoms with Crippen molar-refractivity contribution in [3.05, 3.63) is 29.3 Å². The van der Waals surface area contributed by atoms with Crippen molar-refractivity contribution in [2.75, 3.05) is 12.8 Å². The molecule has 0 heterocycles. The Bertz CT molecular complexity index is 336. The highest BCUT2D eigenvalue weighted by atomic mass is 16.5. The fourth-order valence-electron chi connectivity index (χ4n) is 1.22. The Morgan fingerprint density at radius 1 is 1.57 bits per heavy atom. The van der Waals surface area contributed by atoms with Gasteiger partial charge in [-0.15, -0.1) is 0 Å². The van der Waals surface area contributed by atoms with Crippen molar-refractivity contribution < 1.29 is 14.6 Å². The van der Waals surface area contributed by atoms with E-state index in [-0.39, 0.29) is 6.42 Å².